The summed E-state index contributed by atoms with van der Waals surface area (Å²) in [7, 11) is 0. The topological polar surface area (TPSA) is 61.8 Å². The minimum absolute atomic E-state index is 0.134. The number of aliphatic hydroxyl groups is 1. The Morgan fingerprint density at radius 3 is 2.62 bits per heavy atom. The zero-order valence-corrected chi connectivity index (χ0v) is 13.7. The van der Waals surface area contributed by atoms with Crippen LogP contribution in [0.15, 0.2) is 67.6 Å². The lowest BCUT2D eigenvalue weighted by atomic mass is 9.82. The Hall–Kier alpha value is -3.30. The monoisotopic (exact) mass is 351 g/mol. The molecule has 1 unspecified atom stereocenters. The van der Waals surface area contributed by atoms with Crippen LogP contribution in [0.5, 0.6) is 0 Å². The van der Waals surface area contributed by atoms with Crippen molar-refractivity contribution in [3.8, 4) is 6.07 Å². The fourth-order valence-corrected chi connectivity index (χ4v) is 2.83. The molecule has 0 bridgehead atoms. The molecule has 1 heterocycles. The first-order valence-electron chi connectivity index (χ1n) is 7.78. The highest BCUT2D eigenvalue weighted by Crippen LogP contribution is 2.38. The van der Waals surface area contributed by atoms with E-state index in [2.05, 4.69) is 11.6 Å². The van der Waals surface area contributed by atoms with E-state index in [4.69, 9.17) is 0 Å². The van der Waals surface area contributed by atoms with Crippen molar-refractivity contribution in [2.24, 2.45) is 0 Å². The molecule has 0 spiro atoms. The third-order valence-electron chi connectivity index (χ3n) is 4.22. The van der Waals surface area contributed by atoms with E-state index in [0.29, 0.717) is 11.6 Å². The van der Waals surface area contributed by atoms with Crippen LogP contribution >= 0.6 is 0 Å². The molecule has 2 aromatic carbocycles. The number of halogens is 2. The lowest BCUT2D eigenvalue weighted by molar-refractivity contribution is 0.0765. The van der Waals surface area contributed by atoms with E-state index in [1.54, 1.807) is 30.3 Å². The van der Waals surface area contributed by atoms with Crippen molar-refractivity contribution in [3.63, 3.8) is 0 Å². The highest BCUT2D eigenvalue weighted by Gasteiger charge is 2.37. The van der Waals surface area contributed by atoms with E-state index < -0.39 is 17.2 Å². The van der Waals surface area contributed by atoms with Crippen LogP contribution in [0.2, 0.25) is 0 Å². The minimum Gasteiger partial charge on any atom is -0.378 e. The maximum absolute atomic E-state index is 14.5. The molecule has 0 aliphatic heterocycles. The number of hydrogen-bond acceptors (Lipinski definition) is 3. The number of aromatic nitrogens is 2. The summed E-state index contributed by atoms with van der Waals surface area (Å²) in [4.78, 5) is 3.89. The second-order valence-electron chi connectivity index (χ2n) is 5.85. The summed E-state index contributed by atoms with van der Waals surface area (Å²) in [5.41, 5.74) is -1.03. The van der Waals surface area contributed by atoms with Crippen LogP contribution in [0.1, 0.15) is 16.8 Å². The molecule has 1 N–H and O–H groups in total. The van der Waals surface area contributed by atoms with E-state index in [0.717, 1.165) is 6.07 Å². The van der Waals surface area contributed by atoms with Gasteiger partial charge in [-0.05, 0) is 23.3 Å². The molecule has 0 aliphatic carbocycles. The van der Waals surface area contributed by atoms with Crippen molar-refractivity contribution in [2.45, 2.75) is 12.1 Å². The van der Waals surface area contributed by atoms with Gasteiger partial charge < -0.3 is 9.67 Å². The molecule has 3 aromatic rings. The van der Waals surface area contributed by atoms with Crippen LogP contribution in [-0.4, -0.2) is 14.7 Å². The van der Waals surface area contributed by atoms with Gasteiger partial charge in [-0.2, -0.15) is 5.26 Å². The smallest absolute Gasteiger partial charge is 0.140 e. The van der Waals surface area contributed by atoms with E-state index in [9.17, 15) is 19.1 Å². The Kier molecular flexibility index (Phi) is 4.65. The molecule has 1 atom stereocenters. The summed E-state index contributed by atoms with van der Waals surface area (Å²) in [5.74, 6) is -1.65. The van der Waals surface area contributed by atoms with Crippen molar-refractivity contribution < 1.29 is 13.9 Å². The van der Waals surface area contributed by atoms with Crippen LogP contribution < -0.4 is 0 Å². The standard InChI is InChI=1S/C20H15F2N3O/c1-14(15-5-3-2-4-6-15)20(26,12-25-13-24-11-17(25)10-23)18-8-7-16(21)9-19(18)22/h2-9,11,13,26H,1,12H2. The van der Waals surface area contributed by atoms with Gasteiger partial charge in [0, 0.05) is 11.6 Å². The molecule has 0 saturated heterocycles. The second kappa shape index (κ2) is 6.90. The van der Waals surface area contributed by atoms with Gasteiger partial charge in [-0.3, -0.25) is 0 Å². The van der Waals surface area contributed by atoms with Crippen LogP contribution in [-0.2, 0) is 12.1 Å². The number of benzene rings is 2. The number of nitrogens with zero attached hydrogens (tertiary/aromatic N) is 3. The maximum Gasteiger partial charge on any atom is 0.140 e. The average molecular weight is 351 g/mol. The molecule has 1 aromatic heterocycles. The number of hydrogen-bond donors (Lipinski definition) is 1. The number of nitriles is 1. The fourth-order valence-electron chi connectivity index (χ4n) is 2.83. The lowest BCUT2D eigenvalue weighted by Gasteiger charge is -2.32. The summed E-state index contributed by atoms with van der Waals surface area (Å²) in [6.45, 7) is 3.74. The Morgan fingerprint density at radius 1 is 1.23 bits per heavy atom. The molecule has 130 valence electrons. The Balaban J connectivity index is 2.15. The van der Waals surface area contributed by atoms with Gasteiger partial charge in [0.15, 0.2) is 0 Å². The van der Waals surface area contributed by atoms with E-state index in [-0.39, 0.29) is 23.4 Å². The summed E-state index contributed by atoms with van der Waals surface area (Å²) < 4.78 is 29.3. The molecular weight excluding hydrogens is 336 g/mol. The van der Waals surface area contributed by atoms with E-state index >= 15 is 0 Å². The van der Waals surface area contributed by atoms with Crippen molar-refractivity contribution in [1.29, 1.82) is 5.26 Å². The zero-order valence-electron chi connectivity index (χ0n) is 13.7. The second-order valence-corrected chi connectivity index (χ2v) is 5.85. The van der Waals surface area contributed by atoms with Gasteiger partial charge in [-0.1, -0.05) is 36.9 Å². The lowest BCUT2D eigenvalue weighted by Crippen LogP contribution is -2.34. The molecule has 26 heavy (non-hydrogen) atoms. The summed E-state index contributed by atoms with van der Waals surface area (Å²) in [6.07, 6.45) is 2.70. The molecule has 4 nitrogen and oxygen atoms in total. The van der Waals surface area contributed by atoms with Crippen molar-refractivity contribution in [2.75, 3.05) is 0 Å². The van der Waals surface area contributed by atoms with Crippen molar-refractivity contribution in [3.05, 3.63) is 96.1 Å². The predicted octanol–water partition coefficient (Wildman–Crippen LogP) is 3.63. The summed E-state index contributed by atoms with van der Waals surface area (Å²) in [5, 5.41) is 20.6. The molecule has 0 amide bonds. The SMILES string of the molecule is C=C(c1ccccc1)C(O)(Cn1cncc1C#N)c1ccc(F)cc1F. The normalized spacial score (nSPS) is 13.0. The van der Waals surface area contributed by atoms with Gasteiger partial charge >= 0.3 is 0 Å². The quantitative estimate of drug-likeness (QED) is 0.763. The first-order valence-corrected chi connectivity index (χ1v) is 7.78. The van der Waals surface area contributed by atoms with E-state index in [1.165, 1.54) is 23.2 Å². The van der Waals surface area contributed by atoms with Gasteiger partial charge in [0.25, 0.3) is 0 Å². The first kappa shape index (κ1) is 17.5. The predicted molar refractivity (Wildman–Crippen MR) is 92.7 cm³/mol. The Labute approximate surface area is 149 Å². The first-order chi connectivity index (χ1) is 12.5. The largest absolute Gasteiger partial charge is 0.378 e. The Morgan fingerprint density at radius 2 is 1.96 bits per heavy atom. The van der Waals surface area contributed by atoms with Gasteiger partial charge in [-0.25, -0.2) is 13.8 Å². The van der Waals surface area contributed by atoms with Crippen molar-refractivity contribution in [1.82, 2.24) is 9.55 Å². The fraction of sp³-hybridized carbons (Fsp3) is 0.100. The average Bonchev–Trinajstić information content (AvgIpc) is 3.08. The number of imidazole rings is 1. The highest BCUT2D eigenvalue weighted by molar-refractivity contribution is 5.72. The highest BCUT2D eigenvalue weighted by atomic mass is 19.1. The van der Waals surface area contributed by atoms with Crippen molar-refractivity contribution >= 4 is 5.57 Å². The van der Waals surface area contributed by atoms with Gasteiger partial charge in [0.2, 0.25) is 0 Å². The molecule has 0 fully saturated rings. The molecule has 0 aliphatic rings. The molecule has 6 heteroatoms. The minimum atomic E-state index is -1.91. The number of rotatable bonds is 5. The molecule has 3 rings (SSSR count). The summed E-state index contributed by atoms with van der Waals surface area (Å²) in [6, 6.07) is 13.7. The van der Waals surface area contributed by atoms with Gasteiger partial charge in [-0.15, -0.1) is 0 Å². The van der Waals surface area contributed by atoms with Gasteiger partial charge in [0.05, 0.1) is 19.1 Å². The van der Waals surface area contributed by atoms with Crippen LogP contribution in [0.4, 0.5) is 8.78 Å². The van der Waals surface area contributed by atoms with Crippen LogP contribution in [0.25, 0.3) is 5.57 Å². The molecule has 0 radical (unpaired) electrons. The van der Waals surface area contributed by atoms with Crippen LogP contribution in [0.3, 0.4) is 0 Å². The summed E-state index contributed by atoms with van der Waals surface area (Å²) >= 11 is 0. The zero-order chi connectivity index (χ0) is 18.7. The maximum atomic E-state index is 14.5. The third-order valence-corrected chi connectivity index (χ3v) is 4.22. The van der Waals surface area contributed by atoms with Gasteiger partial charge in [0.1, 0.15) is 29.0 Å². The van der Waals surface area contributed by atoms with E-state index in [1.807, 2.05) is 6.07 Å². The Bertz CT molecular complexity index is 992. The molecule has 0 saturated carbocycles. The molecular formula is C20H15F2N3O. The van der Waals surface area contributed by atoms with Crippen LogP contribution in [0, 0.1) is 23.0 Å². The third kappa shape index (κ3) is 3.13.